The van der Waals surface area contributed by atoms with Crippen LogP contribution in [-0.4, -0.2) is 14.7 Å². The molecule has 1 rings (SSSR count). The van der Waals surface area contributed by atoms with E-state index in [0.717, 1.165) is 6.92 Å². The maximum atomic E-state index is 11.4. The van der Waals surface area contributed by atoms with E-state index in [1.165, 1.54) is 24.3 Å². The van der Waals surface area contributed by atoms with Gasteiger partial charge < -0.3 is 5.73 Å². The Balaban J connectivity index is 3.24. The fraction of sp³-hybridized carbons (Fsp3) is 0.125. The second-order valence-corrected chi connectivity index (χ2v) is 4.32. The monoisotopic (exact) mass is 214 g/mol. The molecule has 0 saturated carbocycles. The van der Waals surface area contributed by atoms with E-state index in [1.54, 1.807) is 0 Å². The zero-order valence-corrected chi connectivity index (χ0v) is 8.32. The van der Waals surface area contributed by atoms with Crippen LogP contribution in [0.1, 0.15) is 6.92 Å². The molecule has 6 heteroatoms. The van der Waals surface area contributed by atoms with Crippen molar-refractivity contribution in [1.29, 1.82) is 0 Å². The van der Waals surface area contributed by atoms with Crippen molar-refractivity contribution in [3.8, 4) is 0 Å². The molecule has 76 valence electrons. The van der Waals surface area contributed by atoms with E-state index in [9.17, 15) is 13.6 Å². The average Bonchev–Trinajstić information content (AvgIpc) is 2.02. The number of hydrogen-bond donors (Lipinski definition) is 2. The van der Waals surface area contributed by atoms with Crippen molar-refractivity contribution in [1.82, 2.24) is 0 Å². The first-order valence-electron chi connectivity index (χ1n) is 3.77. The van der Waals surface area contributed by atoms with Gasteiger partial charge in [-0.3, -0.25) is 9.35 Å². The molecule has 0 heterocycles. The summed E-state index contributed by atoms with van der Waals surface area (Å²) >= 11 is 0. The summed E-state index contributed by atoms with van der Waals surface area (Å²) in [6, 6.07) is 5.68. The van der Waals surface area contributed by atoms with Crippen molar-refractivity contribution in [3.05, 3.63) is 24.3 Å². The molecular formula is C8H10N2O3S. The van der Waals surface area contributed by atoms with E-state index in [2.05, 4.69) is 4.36 Å². The fourth-order valence-corrected chi connectivity index (χ4v) is 1.82. The number of carbonyl (C=O) groups excluding carboxylic acids is 1. The summed E-state index contributed by atoms with van der Waals surface area (Å²) in [5, 5.41) is 0. The van der Waals surface area contributed by atoms with E-state index in [0.29, 0.717) is 5.69 Å². The summed E-state index contributed by atoms with van der Waals surface area (Å²) < 4.78 is 23.9. The molecule has 0 bridgehead atoms. The Bertz CT molecular complexity index is 458. The number of rotatable bonds is 1. The van der Waals surface area contributed by atoms with Crippen molar-refractivity contribution < 1.29 is 13.6 Å². The number of nitrogen functional groups attached to an aromatic ring is 1. The Hall–Kier alpha value is -1.40. The van der Waals surface area contributed by atoms with E-state index in [4.69, 9.17) is 5.73 Å². The molecule has 0 fully saturated rings. The molecule has 5 nitrogen and oxygen atoms in total. The first kappa shape index (κ1) is 10.7. The predicted molar refractivity (Wildman–Crippen MR) is 53.0 cm³/mol. The largest absolute Gasteiger partial charge is 0.399 e. The standard InChI is InChI=1S/C8H10N2O3S/c1-6(11)10-14(12,13)8-4-2-7(9)3-5-8/h2-5H,9H2,1H3,(H,10,11,12,13). The molecule has 1 aromatic rings. The maximum absolute atomic E-state index is 11.4. The van der Waals surface area contributed by atoms with E-state index in [1.807, 2.05) is 0 Å². The minimum atomic E-state index is -3.61. The zero-order valence-electron chi connectivity index (χ0n) is 7.51. The quantitative estimate of drug-likeness (QED) is 0.685. The Kier molecular flexibility index (Phi) is 2.87. The van der Waals surface area contributed by atoms with Crippen LogP contribution in [0.25, 0.3) is 0 Å². The third-order valence-corrected chi connectivity index (χ3v) is 2.83. The Labute approximate surface area is 81.9 Å². The van der Waals surface area contributed by atoms with Gasteiger partial charge in [0.25, 0.3) is 5.91 Å². The number of anilines is 1. The van der Waals surface area contributed by atoms with Gasteiger partial charge in [-0.1, -0.05) is 0 Å². The lowest BCUT2D eigenvalue weighted by atomic mass is 10.3. The first-order chi connectivity index (χ1) is 6.42. The highest BCUT2D eigenvalue weighted by Crippen LogP contribution is 2.13. The molecule has 0 aliphatic rings. The second-order valence-electron chi connectivity index (χ2n) is 2.68. The van der Waals surface area contributed by atoms with Crippen LogP contribution < -0.4 is 5.73 Å². The van der Waals surface area contributed by atoms with Crippen molar-refractivity contribution in [2.24, 2.45) is 4.36 Å². The van der Waals surface area contributed by atoms with Crippen LogP contribution in [0.5, 0.6) is 0 Å². The van der Waals surface area contributed by atoms with Crippen LogP contribution in [0, 0.1) is 0 Å². The molecule has 1 amide bonds. The van der Waals surface area contributed by atoms with Crippen LogP contribution in [-0.2, 0) is 14.8 Å². The topological polar surface area (TPSA) is 92.8 Å². The number of nitrogens with two attached hydrogens (primary N) is 1. The number of amides is 1. The molecule has 1 unspecified atom stereocenters. The molecule has 0 aromatic heterocycles. The van der Waals surface area contributed by atoms with Crippen molar-refractivity contribution in [3.63, 3.8) is 0 Å². The van der Waals surface area contributed by atoms with Gasteiger partial charge in [0.1, 0.15) is 0 Å². The smallest absolute Gasteiger partial charge is 0.252 e. The third kappa shape index (κ3) is 2.54. The highest BCUT2D eigenvalue weighted by Gasteiger charge is 2.08. The van der Waals surface area contributed by atoms with Gasteiger partial charge in [-0.2, -0.15) is 0 Å². The lowest BCUT2D eigenvalue weighted by molar-refractivity contribution is -0.115. The Morgan fingerprint density at radius 2 is 1.93 bits per heavy atom. The van der Waals surface area contributed by atoms with Gasteiger partial charge in [0.2, 0.25) is 0 Å². The zero-order chi connectivity index (χ0) is 10.8. The molecule has 1 aromatic carbocycles. The molecular weight excluding hydrogens is 204 g/mol. The summed E-state index contributed by atoms with van der Waals surface area (Å²) in [7, 11) is -3.61. The van der Waals surface area contributed by atoms with E-state index >= 15 is 0 Å². The van der Waals surface area contributed by atoms with Gasteiger partial charge in [0, 0.05) is 12.6 Å². The molecule has 1 atom stereocenters. The Morgan fingerprint density at radius 1 is 1.43 bits per heavy atom. The van der Waals surface area contributed by atoms with Crippen molar-refractivity contribution in [2.75, 3.05) is 5.73 Å². The van der Waals surface area contributed by atoms with E-state index < -0.39 is 15.9 Å². The summed E-state index contributed by atoms with van der Waals surface area (Å²) in [6.07, 6.45) is 0. The summed E-state index contributed by atoms with van der Waals surface area (Å²) in [5.41, 5.74) is 5.88. The first-order valence-corrected chi connectivity index (χ1v) is 5.25. The predicted octanol–water partition coefficient (Wildman–Crippen LogP) is 1.12. The van der Waals surface area contributed by atoms with Crippen LogP contribution in [0.15, 0.2) is 33.5 Å². The molecule has 0 aliphatic heterocycles. The maximum Gasteiger partial charge on any atom is 0.252 e. The van der Waals surface area contributed by atoms with Crippen LogP contribution in [0.4, 0.5) is 5.69 Å². The normalized spacial score (nSPS) is 14.4. The molecule has 0 spiro atoms. The lowest BCUT2D eigenvalue weighted by Gasteiger charge is -2.01. The highest BCUT2D eigenvalue weighted by molar-refractivity contribution is 7.88. The number of hydrogen-bond acceptors (Lipinski definition) is 3. The minimum absolute atomic E-state index is 0.0712. The SMILES string of the molecule is CC(=O)N=S(=O)(O)c1ccc(N)cc1. The number of carbonyl (C=O) groups is 1. The second kappa shape index (κ2) is 3.77. The van der Waals surface area contributed by atoms with Gasteiger partial charge in [0.15, 0.2) is 10.0 Å². The fourth-order valence-electron chi connectivity index (χ4n) is 0.872. The average molecular weight is 214 g/mol. The molecule has 3 N–H and O–H groups in total. The van der Waals surface area contributed by atoms with Crippen LogP contribution in [0.2, 0.25) is 0 Å². The molecule has 0 saturated heterocycles. The van der Waals surface area contributed by atoms with Gasteiger partial charge >= 0.3 is 0 Å². The van der Waals surface area contributed by atoms with Crippen molar-refractivity contribution >= 4 is 21.6 Å². The van der Waals surface area contributed by atoms with Gasteiger partial charge in [-0.15, -0.1) is 4.36 Å². The molecule has 14 heavy (non-hydrogen) atoms. The lowest BCUT2D eigenvalue weighted by Crippen LogP contribution is -2.01. The van der Waals surface area contributed by atoms with Crippen LogP contribution in [0.3, 0.4) is 0 Å². The van der Waals surface area contributed by atoms with Gasteiger partial charge in [-0.05, 0) is 24.3 Å². The van der Waals surface area contributed by atoms with Crippen molar-refractivity contribution in [2.45, 2.75) is 11.8 Å². The minimum Gasteiger partial charge on any atom is -0.399 e. The van der Waals surface area contributed by atoms with Gasteiger partial charge in [0.05, 0.1) is 4.90 Å². The molecule has 0 aliphatic carbocycles. The molecule has 0 radical (unpaired) electrons. The number of benzene rings is 1. The Morgan fingerprint density at radius 3 is 2.36 bits per heavy atom. The summed E-state index contributed by atoms with van der Waals surface area (Å²) in [4.78, 5) is 10.6. The highest BCUT2D eigenvalue weighted by atomic mass is 32.2. The third-order valence-electron chi connectivity index (χ3n) is 1.44. The van der Waals surface area contributed by atoms with E-state index in [-0.39, 0.29) is 4.90 Å². The number of nitrogens with zero attached hydrogens (tertiary/aromatic N) is 1. The summed E-state index contributed by atoms with van der Waals surface area (Å²) in [5.74, 6) is -0.686. The van der Waals surface area contributed by atoms with Gasteiger partial charge in [-0.25, -0.2) is 4.21 Å². The summed E-state index contributed by atoms with van der Waals surface area (Å²) in [6.45, 7) is 1.12. The van der Waals surface area contributed by atoms with Crippen LogP contribution >= 0.6 is 0 Å².